The second-order valence-electron chi connectivity index (χ2n) is 7.38. The van der Waals surface area contributed by atoms with Crippen molar-refractivity contribution in [3.05, 3.63) is 65.3 Å². The van der Waals surface area contributed by atoms with E-state index in [0.29, 0.717) is 6.61 Å². The van der Waals surface area contributed by atoms with Gasteiger partial charge >= 0.3 is 0 Å². The third-order valence-corrected chi connectivity index (χ3v) is 5.08. The minimum Gasteiger partial charge on any atom is -0.489 e. The van der Waals surface area contributed by atoms with Crippen LogP contribution in [0, 0.1) is 6.92 Å². The van der Waals surface area contributed by atoms with E-state index in [2.05, 4.69) is 43.4 Å². The van der Waals surface area contributed by atoms with Crippen molar-refractivity contribution in [2.45, 2.75) is 58.2 Å². The molecule has 1 aromatic rings. The van der Waals surface area contributed by atoms with Crippen LogP contribution in [0.2, 0.25) is 0 Å². The van der Waals surface area contributed by atoms with Gasteiger partial charge in [-0.15, -0.1) is 0 Å². The molecule has 0 atom stereocenters. The Labute approximate surface area is 163 Å². The first-order valence-corrected chi connectivity index (χ1v) is 10.2. The summed E-state index contributed by atoms with van der Waals surface area (Å²) < 4.78 is 17.0. The SMILES string of the molecule is Cc1ccc(OC/C2=C/C=C\CCC(CCCCC3OCCO3)=CC2)cc1. The number of aryl methyl sites for hydroxylation is 1. The molecule has 0 N–H and O–H groups in total. The van der Waals surface area contributed by atoms with E-state index in [1.54, 1.807) is 5.57 Å². The van der Waals surface area contributed by atoms with E-state index in [1.807, 2.05) is 12.1 Å². The molecule has 0 unspecified atom stereocenters. The third-order valence-electron chi connectivity index (χ3n) is 5.08. The summed E-state index contributed by atoms with van der Waals surface area (Å²) in [6.45, 7) is 4.24. The van der Waals surface area contributed by atoms with Gasteiger partial charge < -0.3 is 14.2 Å². The highest BCUT2D eigenvalue weighted by atomic mass is 16.7. The summed E-state index contributed by atoms with van der Waals surface area (Å²) in [7, 11) is 0. The van der Waals surface area contributed by atoms with Crippen molar-refractivity contribution >= 4 is 0 Å². The topological polar surface area (TPSA) is 27.7 Å². The predicted molar refractivity (Wildman–Crippen MR) is 110 cm³/mol. The molecule has 3 heteroatoms. The Hall–Kier alpha value is -1.84. The molecule has 0 saturated carbocycles. The lowest BCUT2D eigenvalue weighted by molar-refractivity contribution is -0.0479. The van der Waals surface area contributed by atoms with E-state index in [1.165, 1.54) is 24.0 Å². The molecule has 27 heavy (non-hydrogen) atoms. The zero-order valence-corrected chi connectivity index (χ0v) is 16.5. The molecule has 146 valence electrons. The fraction of sp³-hybridized carbons (Fsp3) is 0.500. The van der Waals surface area contributed by atoms with Gasteiger partial charge in [-0.05, 0) is 69.6 Å². The molecule has 1 heterocycles. The van der Waals surface area contributed by atoms with Gasteiger partial charge in [0.1, 0.15) is 12.4 Å². The quantitative estimate of drug-likeness (QED) is 0.422. The molecule has 0 spiro atoms. The van der Waals surface area contributed by atoms with Crippen molar-refractivity contribution in [1.82, 2.24) is 0 Å². The van der Waals surface area contributed by atoms with Crippen LogP contribution in [0.15, 0.2) is 59.7 Å². The van der Waals surface area contributed by atoms with E-state index in [-0.39, 0.29) is 6.29 Å². The molecule has 1 aliphatic carbocycles. The van der Waals surface area contributed by atoms with E-state index in [9.17, 15) is 0 Å². The fourth-order valence-corrected chi connectivity index (χ4v) is 3.40. The minimum absolute atomic E-state index is 0.0379. The van der Waals surface area contributed by atoms with E-state index in [4.69, 9.17) is 14.2 Å². The average Bonchev–Trinajstić information content (AvgIpc) is 3.22. The molecule has 0 bridgehead atoms. The lowest BCUT2D eigenvalue weighted by Gasteiger charge is -2.11. The summed E-state index contributed by atoms with van der Waals surface area (Å²) in [5.74, 6) is 0.936. The van der Waals surface area contributed by atoms with Crippen molar-refractivity contribution in [2.24, 2.45) is 0 Å². The molecule has 2 aliphatic rings. The summed E-state index contributed by atoms with van der Waals surface area (Å²) in [6.07, 6.45) is 16.9. The molecule has 3 nitrogen and oxygen atoms in total. The predicted octanol–water partition coefficient (Wildman–Crippen LogP) is 5.90. The number of unbranched alkanes of at least 4 members (excludes halogenated alkanes) is 1. The summed E-state index contributed by atoms with van der Waals surface area (Å²) in [4.78, 5) is 0. The van der Waals surface area contributed by atoms with Crippen molar-refractivity contribution in [3.63, 3.8) is 0 Å². The number of rotatable bonds is 8. The summed E-state index contributed by atoms with van der Waals surface area (Å²) >= 11 is 0. The lowest BCUT2D eigenvalue weighted by Crippen LogP contribution is -2.06. The largest absolute Gasteiger partial charge is 0.489 e. The van der Waals surface area contributed by atoms with Gasteiger partial charge in [-0.25, -0.2) is 0 Å². The van der Waals surface area contributed by atoms with Crippen molar-refractivity contribution in [2.75, 3.05) is 19.8 Å². The maximum atomic E-state index is 5.97. The highest BCUT2D eigenvalue weighted by Crippen LogP contribution is 2.21. The van der Waals surface area contributed by atoms with Gasteiger partial charge in [0, 0.05) is 0 Å². The van der Waals surface area contributed by atoms with Crippen molar-refractivity contribution in [1.29, 1.82) is 0 Å². The van der Waals surface area contributed by atoms with E-state index >= 15 is 0 Å². The van der Waals surface area contributed by atoms with Crippen LogP contribution in [0.5, 0.6) is 5.75 Å². The molecule has 0 amide bonds. The summed E-state index contributed by atoms with van der Waals surface area (Å²) in [5, 5.41) is 0. The summed E-state index contributed by atoms with van der Waals surface area (Å²) in [5.41, 5.74) is 4.14. The number of hydrogen-bond acceptors (Lipinski definition) is 3. The first-order chi connectivity index (χ1) is 13.3. The fourth-order valence-electron chi connectivity index (χ4n) is 3.40. The molecule has 1 saturated heterocycles. The second kappa shape index (κ2) is 11.1. The zero-order valence-electron chi connectivity index (χ0n) is 16.5. The van der Waals surface area contributed by atoms with Crippen molar-refractivity contribution in [3.8, 4) is 5.75 Å². The third kappa shape index (κ3) is 7.36. The Morgan fingerprint density at radius 3 is 2.67 bits per heavy atom. The first kappa shape index (κ1) is 19.9. The van der Waals surface area contributed by atoms with Crippen LogP contribution >= 0.6 is 0 Å². The maximum absolute atomic E-state index is 5.97. The molecule has 1 fully saturated rings. The van der Waals surface area contributed by atoms with Gasteiger partial charge in [0.25, 0.3) is 0 Å². The van der Waals surface area contributed by atoms with Gasteiger partial charge in [0.15, 0.2) is 6.29 Å². The average molecular weight is 369 g/mol. The van der Waals surface area contributed by atoms with E-state index < -0.39 is 0 Å². The maximum Gasteiger partial charge on any atom is 0.157 e. The molecule has 1 aromatic carbocycles. The van der Waals surface area contributed by atoms with Gasteiger partial charge in [-0.1, -0.05) is 47.6 Å². The van der Waals surface area contributed by atoms with Gasteiger partial charge in [0.2, 0.25) is 0 Å². The standard InChI is InChI=1S/C24H32O3/c1-20-11-15-23(16-12-20)27-19-22-9-4-2-3-7-21(13-14-22)8-5-6-10-24-25-17-18-26-24/h2,4,9,11-13,15-16,24H,3,5-8,10,14,17-19H2,1H3/b4-2-,21-13?,22-9+. The first-order valence-electron chi connectivity index (χ1n) is 10.2. The van der Waals surface area contributed by atoms with Gasteiger partial charge in [0.05, 0.1) is 13.2 Å². The second-order valence-corrected chi connectivity index (χ2v) is 7.38. The molecule has 0 radical (unpaired) electrons. The van der Waals surface area contributed by atoms with Crippen LogP contribution in [0.25, 0.3) is 0 Å². The highest BCUT2D eigenvalue weighted by molar-refractivity contribution is 5.27. The molecule has 3 rings (SSSR count). The van der Waals surface area contributed by atoms with Gasteiger partial charge in [-0.2, -0.15) is 0 Å². The molecular weight excluding hydrogens is 336 g/mol. The van der Waals surface area contributed by atoms with Crippen LogP contribution in [-0.2, 0) is 9.47 Å². The number of allylic oxidation sites excluding steroid dienone is 5. The number of ether oxygens (including phenoxy) is 3. The number of hydrogen-bond donors (Lipinski definition) is 0. The molecular formula is C24H32O3. The van der Waals surface area contributed by atoms with Crippen LogP contribution in [0.4, 0.5) is 0 Å². The smallest absolute Gasteiger partial charge is 0.157 e. The Kier molecular flexibility index (Phi) is 8.19. The van der Waals surface area contributed by atoms with E-state index in [0.717, 1.165) is 51.1 Å². The molecule has 0 aromatic heterocycles. The zero-order chi connectivity index (χ0) is 18.7. The van der Waals surface area contributed by atoms with Gasteiger partial charge in [-0.3, -0.25) is 0 Å². The van der Waals surface area contributed by atoms with Crippen LogP contribution in [-0.4, -0.2) is 26.1 Å². The monoisotopic (exact) mass is 368 g/mol. The summed E-state index contributed by atoms with van der Waals surface area (Å²) in [6, 6.07) is 8.26. The molecule has 1 aliphatic heterocycles. The number of benzene rings is 1. The minimum atomic E-state index is 0.0379. The van der Waals surface area contributed by atoms with Crippen LogP contribution in [0.1, 0.15) is 50.5 Å². The van der Waals surface area contributed by atoms with Crippen molar-refractivity contribution < 1.29 is 14.2 Å². The Bertz CT molecular complexity index is 649. The highest BCUT2D eigenvalue weighted by Gasteiger charge is 2.14. The Morgan fingerprint density at radius 1 is 1.04 bits per heavy atom. The normalized spacial score (nSPS) is 21.5. The van der Waals surface area contributed by atoms with Crippen LogP contribution in [0.3, 0.4) is 0 Å². The Balaban J connectivity index is 1.44. The lowest BCUT2D eigenvalue weighted by atomic mass is 10.0. The van der Waals surface area contributed by atoms with Crippen LogP contribution < -0.4 is 4.74 Å². The Morgan fingerprint density at radius 2 is 1.85 bits per heavy atom.